The Morgan fingerprint density at radius 3 is 2.42 bits per heavy atom. The standard InChI is InChI=1S/C21H29N3/c22-20-10-4-5-11-21(20)23-14-6-9-18-12-15-24(16-13-18)17-19-7-2-1-3-8-19/h1-5,7-8,10-11,18,23H,6,9,12-17,22H2. The summed E-state index contributed by atoms with van der Waals surface area (Å²) in [5.74, 6) is 0.881. The van der Waals surface area contributed by atoms with Crippen LogP contribution in [0.4, 0.5) is 11.4 Å². The minimum atomic E-state index is 0.840. The number of hydrogen-bond acceptors (Lipinski definition) is 3. The first kappa shape index (κ1) is 16.8. The van der Waals surface area contributed by atoms with E-state index in [0.717, 1.165) is 30.4 Å². The van der Waals surface area contributed by atoms with Gasteiger partial charge in [0.1, 0.15) is 0 Å². The Bertz CT molecular complexity index is 603. The zero-order valence-corrected chi connectivity index (χ0v) is 14.5. The zero-order chi connectivity index (χ0) is 16.6. The van der Waals surface area contributed by atoms with Gasteiger partial charge in [0.15, 0.2) is 0 Å². The Kier molecular flexibility index (Phi) is 6.13. The Morgan fingerprint density at radius 1 is 0.958 bits per heavy atom. The van der Waals surface area contributed by atoms with Crippen LogP contribution in [-0.4, -0.2) is 24.5 Å². The Morgan fingerprint density at radius 2 is 1.67 bits per heavy atom. The second-order valence-electron chi connectivity index (χ2n) is 6.86. The predicted octanol–water partition coefficient (Wildman–Crippen LogP) is 4.37. The number of nitrogens with zero attached hydrogens (tertiary/aromatic N) is 1. The molecule has 3 rings (SSSR count). The summed E-state index contributed by atoms with van der Waals surface area (Å²) in [5.41, 5.74) is 9.29. The maximum Gasteiger partial charge on any atom is 0.0573 e. The number of benzene rings is 2. The van der Waals surface area contributed by atoms with Crippen molar-refractivity contribution in [2.24, 2.45) is 5.92 Å². The molecular formula is C21H29N3. The monoisotopic (exact) mass is 323 g/mol. The van der Waals surface area contributed by atoms with Gasteiger partial charge in [0.05, 0.1) is 11.4 Å². The molecular weight excluding hydrogens is 294 g/mol. The van der Waals surface area contributed by atoms with Crippen molar-refractivity contribution in [1.82, 2.24) is 4.90 Å². The molecule has 1 aliphatic rings. The third kappa shape index (κ3) is 5.00. The molecule has 0 saturated carbocycles. The average molecular weight is 323 g/mol. The van der Waals surface area contributed by atoms with Crippen LogP contribution >= 0.6 is 0 Å². The number of likely N-dealkylation sites (tertiary alicyclic amines) is 1. The van der Waals surface area contributed by atoms with Crippen molar-refractivity contribution >= 4 is 11.4 Å². The zero-order valence-electron chi connectivity index (χ0n) is 14.5. The number of hydrogen-bond donors (Lipinski definition) is 2. The third-order valence-corrected chi connectivity index (χ3v) is 5.02. The molecule has 0 amide bonds. The fraction of sp³-hybridized carbons (Fsp3) is 0.429. The molecule has 128 valence electrons. The second kappa shape index (κ2) is 8.74. The minimum Gasteiger partial charge on any atom is -0.397 e. The molecule has 24 heavy (non-hydrogen) atoms. The van der Waals surface area contributed by atoms with Gasteiger partial charge in [-0.25, -0.2) is 0 Å². The van der Waals surface area contributed by atoms with Gasteiger partial charge in [-0.1, -0.05) is 42.5 Å². The fourth-order valence-electron chi connectivity index (χ4n) is 3.55. The summed E-state index contributed by atoms with van der Waals surface area (Å²) in [4.78, 5) is 2.59. The van der Waals surface area contributed by atoms with Gasteiger partial charge in [0, 0.05) is 13.1 Å². The molecule has 0 aliphatic carbocycles. The van der Waals surface area contributed by atoms with E-state index < -0.39 is 0 Å². The van der Waals surface area contributed by atoms with E-state index in [1.165, 1.54) is 44.3 Å². The molecule has 0 aromatic heterocycles. The number of para-hydroxylation sites is 2. The number of piperidine rings is 1. The molecule has 1 fully saturated rings. The molecule has 0 radical (unpaired) electrons. The van der Waals surface area contributed by atoms with Crippen molar-refractivity contribution in [2.75, 3.05) is 30.7 Å². The lowest BCUT2D eigenvalue weighted by atomic mass is 9.92. The van der Waals surface area contributed by atoms with Gasteiger partial charge in [-0.3, -0.25) is 4.90 Å². The molecule has 3 heteroatoms. The van der Waals surface area contributed by atoms with Crippen LogP contribution in [0.25, 0.3) is 0 Å². The molecule has 1 saturated heterocycles. The van der Waals surface area contributed by atoms with Gasteiger partial charge in [-0.05, 0) is 62.4 Å². The highest BCUT2D eigenvalue weighted by atomic mass is 15.1. The lowest BCUT2D eigenvalue weighted by Gasteiger charge is -2.32. The summed E-state index contributed by atoms with van der Waals surface area (Å²) >= 11 is 0. The summed E-state index contributed by atoms with van der Waals surface area (Å²) in [6.07, 6.45) is 5.21. The van der Waals surface area contributed by atoms with Crippen molar-refractivity contribution in [3.63, 3.8) is 0 Å². The first-order chi connectivity index (χ1) is 11.8. The van der Waals surface area contributed by atoms with Crippen molar-refractivity contribution < 1.29 is 0 Å². The summed E-state index contributed by atoms with van der Waals surface area (Å²) in [5, 5.41) is 3.46. The van der Waals surface area contributed by atoms with Crippen molar-refractivity contribution in [2.45, 2.75) is 32.2 Å². The number of nitrogens with two attached hydrogens (primary N) is 1. The summed E-state index contributed by atoms with van der Waals surface area (Å²) in [7, 11) is 0. The predicted molar refractivity (Wildman–Crippen MR) is 103 cm³/mol. The van der Waals surface area contributed by atoms with Crippen LogP contribution in [0.2, 0.25) is 0 Å². The Balaban J connectivity index is 1.32. The van der Waals surface area contributed by atoms with Gasteiger partial charge in [0.2, 0.25) is 0 Å². The van der Waals surface area contributed by atoms with Gasteiger partial charge in [0.25, 0.3) is 0 Å². The molecule has 0 bridgehead atoms. The number of nitrogen functional groups attached to an aromatic ring is 1. The van der Waals surface area contributed by atoms with Crippen LogP contribution in [0.15, 0.2) is 54.6 Å². The summed E-state index contributed by atoms with van der Waals surface area (Å²) < 4.78 is 0. The van der Waals surface area contributed by atoms with Crippen molar-refractivity contribution in [3.05, 3.63) is 60.2 Å². The average Bonchev–Trinajstić information content (AvgIpc) is 2.62. The van der Waals surface area contributed by atoms with Crippen LogP contribution in [0.3, 0.4) is 0 Å². The van der Waals surface area contributed by atoms with E-state index in [2.05, 4.69) is 46.6 Å². The molecule has 2 aromatic rings. The highest BCUT2D eigenvalue weighted by molar-refractivity contribution is 5.65. The molecule has 0 atom stereocenters. The van der Waals surface area contributed by atoms with Crippen molar-refractivity contribution in [1.29, 1.82) is 0 Å². The van der Waals surface area contributed by atoms with Gasteiger partial charge in [-0.2, -0.15) is 0 Å². The Labute approximate surface area is 145 Å². The second-order valence-corrected chi connectivity index (χ2v) is 6.86. The summed E-state index contributed by atoms with van der Waals surface area (Å²) in [6, 6.07) is 18.8. The van der Waals surface area contributed by atoms with E-state index in [-0.39, 0.29) is 0 Å². The number of nitrogens with one attached hydrogen (secondary N) is 1. The molecule has 3 N–H and O–H groups in total. The van der Waals surface area contributed by atoms with E-state index in [1.807, 2.05) is 18.2 Å². The third-order valence-electron chi connectivity index (χ3n) is 5.02. The minimum absolute atomic E-state index is 0.840. The SMILES string of the molecule is Nc1ccccc1NCCCC1CCN(Cc2ccccc2)CC1. The van der Waals surface area contributed by atoms with Gasteiger partial charge < -0.3 is 11.1 Å². The number of anilines is 2. The van der Waals surface area contributed by atoms with E-state index >= 15 is 0 Å². The van der Waals surface area contributed by atoms with Crippen LogP contribution in [0, 0.1) is 5.92 Å². The van der Waals surface area contributed by atoms with E-state index in [0.29, 0.717) is 0 Å². The highest BCUT2D eigenvalue weighted by Gasteiger charge is 2.18. The van der Waals surface area contributed by atoms with Gasteiger partial charge >= 0.3 is 0 Å². The number of rotatable bonds is 7. The Hall–Kier alpha value is -2.00. The quantitative estimate of drug-likeness (QED) is 0.587. The molecule has 1 aliphatic heterocycles. The van der Waals surface area contributed by atoms with Crippen LogP contribution in [-0.2, 0) is 6.54 Å². The van der Waals surface area contributed by atoms with Crippen LogP contribution in [0.1, 0.15) is 31.2 Å². The van der Waals surface area contributed by atoms with E-state index in [4.69, 9.17) is 5.73 Å². The maximum absolute atomic E-state index is 5.96. The van der Waals surface area contributed by atoms with Crippen molar-refractivity contribution in [3.8, 4) is 0 Å². The van der Waals surface area contributed by atoms with Crippen LogP contribution < -0.4 is 11.1 Å². The maximum atomic E-state index is 5.96. The molecule has 0 spiro atoms. The normalized spacial score (nSPS) is 16.2. The molecule has 3 nitrogen and oxygen atoms in total. The molecule has 1 heterocycles. The van der Waals surface area contributed by atoms with Gasteiger partial charge in [-0.15, -0.1) is 0 Å². The lowest BCUT2D eigenvalue weighted by molar-refractivity contribution is 0.171. The largest absolute Gasteiger partial charge is 0.397 e. The van der Waals surface area contributed by atoms with E-state index in [9.17, 15) is 0 Å². The topological polar surface area (TPSA) is 41.3 Å². The smallest absolute Gasteiger partial charge is 0.0573 e. The fourth-order valence-corrected chi connectivity index (χ4v) is 3.55. The first-order valence-corrected chi connectivity index (χ1v) is 9.16. The summed E-state index contributed by atoms with van der Waals surface area (Å²) in [6.45, 7) is 4.58. The molecule has 0 unspecified atom stereocenters. The van der Waals surface area contributed by atoms with Crippen LogP contribution in [0.5, 0.6) is 0 Å². The lowest BCUT2D eigenvalue weighted by Crippen LogP contribution is -2.33. The highest BCUT2D eigenvalue weighted by Crippen LogP contribution is 2.23. The van der Waals surface area contributed by atoms with E-state index in [1.54, 1.807) is 0 Å². The first-order valence-electron chi connectivity index (χ1n) is 9.16. The molecule has 2 aromatic carbocycles.